The standard InChI is InChI=1S/C15H26O7/c1-6-15(4,5)14(18)21-9-13(17)8-19-10-22-11(2)7-20-12(3)16/h13,17H,2,6-10H2,1,3-5H3. The summed E-state index contributed by atoms with van der Waals surface area (Å²) >= 11 is 0. The molecule has 0 amide bonds. The molecule has 22 heavy (non-hydrogen) atoms. The number of aliphatic hydroxyl groups is 1. The third-order valence-corrected chi connectivity index (χ3v) is 2.94. The van der Waals surface area contributed by atoms with E-state index < -0.39 is 17.5 Å². The molecule has 1 N–H and O–H groups in total. The molecule has 7 nitrogen and oxygen atoms in total. The molecular formula is C15H26O7. The molecule has 1 unspecified atom stereocenters. The van der Waals surface area contributed by atoms with E-state index in [4.69, 9.17) is 14.2 Å². The Bertz CT molecular complexity index is 376. The van der Waals surface area contributed by atoms with Gasteiger partial charge in [-0.05, 0) is 20.3 Å². The third-order valence-electron chi connectivity index (χ3n) is 2.94. The molecule has 0 saturated carbocycles. The first-order valence-electron chi connectivity index (χ1n) is 7.06. The Morgan fingerprint density at radius 2 is 1.82 bits per heavy atom. The molecule has 128 valence electrons. The summed E-state index contributed by atoms with van der Waals surface area (Å²) < 4.78 is 19.8. The lowest BCUT2D eigenvalue weighted by Gasteiger charge is -2.21. The summed E-state index contributed by atoms with van der Waals surface area (Å²) in [6, 6.07) is 0. The highest BCUT2D eigenvalue weighted by Crippen LogP contribution is 2.21. The van der Waals surface area contributed by atoms with Crippen molar-refractivity contribution in [2.24, 2.45) is 5.41 Å². The number of hydrogen-bond donors (Lipinski definition) is 1. The number of aliphatic hydroxyl groups excluding tert-OH is 1. The van der Waals surface area contributed by atoms with Crippen LogP contribution in [-0.4, -0.2) is 49.8 Å². The van der Waals surface area contributed by atoms with E-state index in [0.29, 0.717) is 6.42 Å². The van der Waals surface area contributed by atoms with Crippen LogP contribution in [0.15, 0.2) is 12.3 Å². The van der Waals surface area contributed by atoms with Crippen LogP contribution in [0.3, 0.4) is 0 Å². The first-order valence-corrected chi connectivity index (χ1v) is 7.06. The van der Waals surface area contributed by atoms with Gasteiger partial charge in [0, 0.05) is 6.92 Å². The molecule has 0 aromatic rings. The lowest BCUT2D eigenvalue weighted by molar-refractivity contribution is -0.159. The van der Waals surface area contributed by atoms with E-state index >= 15 is 0 Å². The molecular weight excluding hydrogens is 292 g/mol. The molecule has 0 spiro atoms. The number of hydrogen-bond acceptors (Lipinski definition) is 7. The minimum Gasteiger partial charge on any atom is -0.469 e. The van der Waals surface area contributed by atoms with Crippen molar-refractivity contribution in [2.75, 3.05) is 26.6 Å². The van der Waals surface area contributed by atoms with Crippen LogP contribution in [-0.2, 0) is 28.5 Å². The Balaban J connectivity index is 3.74. The third kappa shape index (κ3) is 9.36. The Morgan fingerprint density at radius 3 is 2.36 bits per heavy atom. The lowest BCUT2D eigenvalue weighted by Crippen LogP contribution is -2.31. The molecule has 0 rings (SSSR count). The fraction of sp³-hybridized carbons (Fsp3) is 0.733. The van der Waals surface area contributed by atoms with Crippen LogP contribution >= 0.6 is 0 Å². The predicted molar refractivity (Wildman–Crippen MR) is 78.7 cm³/mol. The van der Waals surface area contributed by atoms with Gasteiger partial charge in [-0.3, -0.25) is 9.59 Å². The van der Waals surface area contributed by atoms with Gasteiger partial charge < -0.3 is 24.1 Å². The Hall–Kier alpha value is -1.60. The lowest BCUT2D eigenvalue weighted by atomic mass is 9.91. The largest absolute Gasteiger partial charge is 0.469 e. The molecule has 0 aliphatic carbocycles. The van der Waals surface area contributed by atoms with Crippen molar-refractivity contribution < 1.29 is 33.6 Å². The van der Waals surface area contributed by atoms with Crippen molar-refractivity contribution >= 4 is 11.9 Å². The summed E-state index contributed by atoms with van der Waals surface area (Å²) in [5.74, 6) is -0.557. The monoisotopic (exact) mass is 318 g/mol. The number of carbonyl (C=O) groups is 2. The summed E-state index contributed by atoms with van der Waals surface area (Å²) in [7, 11) is 0. The molecule has 0 aromatic carbocycles. The zero-order chi connectivity index (χ0) is 17.2. The molecule has 1 atom stereocenters. The maximum atomic E-state index is 11.7. The minimum absolute atomic E-state index is 0.0506. The van der Waals surface area contributed by atoms with Crippen LogP contribution in [0.5, 0.6) is 0 Å². The van der Waals surface area contributed by atoms with Gasteiger partial charge in [-0.2, -0.15) is 0 Å². The van der Waals surface area contributed by atoms with Gasteiger partial charge in [0.15, 0.2) is 6.79 Å². The molecule has 0 aliphatic rings. The van der Waals surface area contributed by atoms with Crippen LogP contribution in [0.4, 0.5) is 0 Å². The molecule has 0 fully saturated rings. The highest BCUT2D eigenvalue weighted by Gasteiger charge is 2.27. The summed E-state index contributed by atoms with van der Waals surface area (Å²) in [4.78, 5) is 22.3. The molecule has 0 saturated heterocycles. The summed E-state index contributed by atoms with van der Waals surface area (Å²) in [6.45, 7) is 9.86. The van der Waals surface area contributed by atoms with E-state index in [0.717, 1.165) is 0 Å². The number of esters is 2. The normalized spacial score (nSPS) is 12.4. The van der Waals surface area contributed by atoms with E-state index in [-0.39, 0.29) is 38.3 Å². The number of carbonyl (C=O) groups excluding carboxylic acids is 2. The van der Waals surface area contributed by atoms with Crippen molar-refractivity contribution in [1.29, 1.82) is 0 Å². The second-order valence-electron chi connectivity index (χ2n) is 5.44. The van der Waals surface area contributed by atoms with Crippen molar-refractivity contribution in [3.8, 4) is 0 Å². The van der Waals surface area contributed by atoms with Crippen molar-refractivity contribution in [3.05, 3.63) is 12.3 Å². The van der Waals surface area contributed by atoms with Gasteiger partial charge in [0.05, 0.1) is 12.0 Å². The van der Waals surface area contributed by atoms with Crippen LogP contribution in [0.25, 0.3) is 0 Å². The first kappa shape index (κ1) is 20.4. The summed E-state index contributed by atoms with van der Waals surface area (Å²) in [5, 5.41) is 9.63. The summed E-state index contributed by atoms with van der Waals surface area (Å²) in [5.41, 5.74) is -0.571. The van der Waals surface area contributed by atoms with E-state index in [2.05, 4.69) is 11.3 Å². The first-order chi connectivity index (χ1) is 10.2. The highest BCUT2D eigenvalue weighted by atomic mass is 16.7. The van der Waals surface area contributed by atoms with Crippen molar-refractivity contribution in [2.45, 2.75) is 40.2 Å². The average Bonchev–Trinajstić information content (AvgIpc) is 2.46. The van der Waals surface area contributed by atoms with Gasteiger partial charge in [0.1, 0.15) is 25.1 Å². The maximum absolute atomic E-state index is 11.7. The molecule has 7 heteroatoms. The predicted octanol–water partition coefficient (Wildman–Crippen LogP) is 1.39. The maximum Gasteiger partial charge on any atom is 0.311 e. The molecule has 0 heterocycles. The second kappa shape index (κ2) is 10.2. The van der Waals surface area contributed by atoms with Crippen LogP contribution in [0.2, 0.25) is 0 Å². The quantitative estimate of drug-likeness (QED) is 0.266. The average molecular weight is 318 g/mol. The molecule has 0 aromatic heterocycles. The molecule has 0 aliphatic heterocycles. The topological polar surface area (TPSA) is 91.3 Å². The minimum atomic E-state index is -0.943. The number of ether oxygens (including phenoxy) is 4. The van der Waals surface area contributed by atoms with Crippen LogP contribution in [0, 0.1) is 5.41 Å². The van der Waals surface area contributed by atoms with Gasteiger partial charge in [0.25, 0.3) is 0 Å². The van der Waals surface area contributed by atoms with E-state index in [1.165, 1.54) is 6.92 Å². The Kier molecular flexibility index (Phi) is 9.44. The van der Waals surface area contributed by atoms with Gasteiger partial charge in [0.2, 0.25) is 0 Å². The van der Waals surface area contributed by atoms with Crippen LogP contribution in [0.1, 0.15) is 34.1 Å². The fourth-order valence-electron chi connectivity index (χ4n) is 1.09. The van der Waals surface area contributed by atoms with Gasteiger partial charge in [-0.1, -0.05) is 13.5 Å². The van der Waals surface area contributed by atoms with Gasteiger partial charge >= 0.3 is 11.9 Å². The second-order valence-corrected chi connectivity index (χ2v) is 5.44. The SMILES string of the molecule is C=C(COC(C)=O)OCOCC(O)COC(=O)C(C)(C)CC. The van der Waals surface area contributed by atoms with Gasteiger partial charge in [-0.25, -0.2) is 0 Å². The fourth-order valence-corrected chi connectivity index (χ4v) is 1.09. The summed E-state index contributed by atoms with van der Waals surface area (Å²) in [6.07, 6.45) is -0.293. The highest BCUT2D eigenvalue weighted by molar-refractivity contribution is 5.75. The Labute approximate surface area is 131 Å². The van der Waals surface area contributed by atoms with E-state index in [1.807, 2.05) is 6.92 Å². The van der Waals surface area contributed by atoms with Gasteiger partial charge in [-0.15, -0.1) is 0 Å². The zero-order valence-corrected chi connectivity index (χ0v) is 13.7. The van der Waals surface area contributed by atoms with Crippen molar-refractivity contribution in [1.82, 2.24) is 0 Å². The number of rotatable bonds is 11. The smallest absolute Gasteiger partial charge is 0.311 e. The molecule has 0 radical (unpaired) electrons. The van der Waals surface area contributed by atoms with E-state index in [1.54, 1.807) is 13.8 Å². The van der Waals surface area contributed by atoms with Crippen molar-refractivity contribution in [3.63, 3.8) is 0 Å². The van der Waals surface area contributed by atoms with Crippen LogP contribution < -0.4 is 0 Å². The Morgan fingerprint density at radius 1 is 1.18 bits per heavy atom. The van der Waals surface area contributed by atoms with E-state index in [9.17, 15) is 14.7 Å². The molecule has 0 bridgehead atoms. The zero-order valence-electron chi connectivity index (χ0n) is 13.7.